The molecule has 8 nitrogen and oxygen atoms in total. The highest BCUT2D eigenvalue weighted by molar-refractivity contribution is 5.84. The van der Waals surface area contributed by atoms with Crippen LogP contribution in [0.4, 0.5) is 24.5 Å². The molecule has 1 aliphatic heterocycles. The third-order valence-electron chi connectivity index (χ3n) is 7.14. The zero-order valence-corrected chi connectivity index (χ0v) is 24.2. The van der Waals surface area contributed by atoms with Gasteiger partial charge in [-0.1, -0.05) is 19.1 Å². The Labute approximate surface area is 247 Å². The molecule has 1 aliphatic carbocycles. The largest absolute Gasteiger partial charge is 0.480 e. The molecule has 11 heteroatoms. The molecule has 0 spiro atoms. The van der Waals surface area contributed by atoms with Gasteiger partial charge in [-0.15, -0.1) is 0 Å². The number of aromatic nitrogens is 3. The van der Waals surface area contributed by atoms with Crippen molar-refractivity contribution >= 4 is 22.4 Å². The average molecular weight is 591 g/mol. The highest BCUT2D eigenvalue weighted by Gasteiger charge is 2.30. The lowest BCUT2D eigenvalue weighted by Gasteiger charge is -2.21. The maximum Gasteiger partial charge on any atom is 0.416 e. The summed E-state index contributed by atoms with van der Waals surface area (Å²) in [6.45, 7) is 5.62. The molecule has 43 heavy (non-hydrogen) atoms. The number of rotatable bonds is 11. The van der Waals surface area contributed by atoms with Crippen LogP contribution in [-0.2, 0) is 10.9 Å². The van der Waals surface area contributed by atoms with Crippen molar-refractivity contribution in [3.63, 3.8) is 0 Å². The molecule has 0 unspecified atom stereocenters. The van der Waals surface area contributed by atoms with E-state index < -0.39 is 11.7 Å². The van der Waals surface area contributed by atoms with Crippen LogP contribution in [0.3, 0.4) is 0 Å². The molecule has 0 saturated heterocycles. The summed E-state index contributed by atoms with van der Waals surface area (Å²) in [6.07, 6.45) is -2.78. The number of methoxy groups -OCH3 is 2. The van der Waals surface area contributed by atoms with Gasteiger partial charge in [-0.3, -0.25) is 9.89 Å². The highest BCUT2D eigenvalue weighted by atomic mass is 19.4. The van der Waals surface area contributed by atoms with Crippen molar-refractivity contribution in [1.29, 1.82) is 0 Å². The van der Waals surface area contributed by atoms with E-state index in [1.807, 2.05) is 53.1 Å². The predicted molar refractivity (Wildman–Crippen MR) is 161 cm³/mol. The Balaban J connectivity index is 1.69. The van der Waals surface area contributed by atoms with Gasteiger partial charge in [0.05, 0.1) is 59.3 Å². The summed E-state index contributed by atoms with van der Waals surface area (Å²) in [5, 5.41) is 4.08. The maximum absolute atomic E-state index is 13.4. The van der Waals surface area contributed by atoms with E-state index >= 15 is 0 Å². The van der Waals surface area contributed by atoms with Crippen molar-refractivity contribution in [3.8, 4) is 23.0 Å². The summed E-state index contributed by atoms with van der Waals surface area (Å²) in [6, 6.07) is 20.2. The molecule has 0 bridgehead atoms. The number of fused-ring (bicyclic) bond motifs is 2. The molecule has 5 rings (SSSR count). The Morgan fingerprint density at radius 3 is 2.47 bits per heavy atom. The third kappa shape index (κ3) is 6.79. The van der Waals surface area contributed by atoms with Gasteiger partial charge >= 0.3 is 6.18 Å². The topological polar surface area (TPSA) is 76.8 Å². The Kier molecular flexibility index (Phi) is 9.22. The first-order valence-corrected chi connectivity index (χ1v) is 13.9. The molecule has 224 valence electrons. The molecule has 0 fully saturated rings. The van der Waals surface area contributed by atoms with Gasteiger partial charge in [-0.05, 0) is 67.2 Å². The van der Waals surface area contributed by atoms with E-state index in [9.17, 15) is 13.2 Å². The number of hydrogen-bond donors (Lipinski definition) is 1. The van der Waals surface area contributed by atoms with E-state index in [-0.39, 0.29) is 0 Å². The molecule has 1 N–H and O–H groups in total. The molecular formula is C32H33F3N6O2. The zero-order valence-electron chi connectivity index (χ0n) is 24.2. The number of hydrogen-bond acceptors (Lipinski definition) is 7. The minimum atomic E-state index is -4.43. The monoisotopic (exact) mass is 590 g/mol. The van der Waals surface area contributed by atoms with E-state index in [1.54, 1.807) is 20.4 Å². The number of alkyl halides is 3. The van der Waals surface area contributed by atoms with Crippen molar-refractivity contribution in [1.82, 2.24) is 19.4 Å². The van der Waals surface area contributed by atoms with Gasteiger partial charge in [0.2, 0.25) is 5.88 Å². The summed E-state index contributed by atoms with van der Waals surface area (Å²) in [5.41, 5.74) is 4.02. The molecule has 0 atom stereocenters. The van der Waals surface area contributed by atoms with Crippen molar-refractivity contribution < 1.29 is 22.6 Å². The molecule has 3 aromatic rings. The van der Waals surface area contributed by atoms with Gasteiger partial charge in [0.1, 0.15) is 5.69 Å². The van der Waals surface area contributed by atoms with Crippen LogP contribution in [-0.4, -0.2) is 66.4 Å². The van der Waals surface area contributed by atoms with Crippen LogP contribution < -0.4 is 15.4 Å². The van der Waals surface area contributed by atoms with Gasteiger partial charge in [0.15, 0.2) is 0 Å². The SMILES string of the molecule is CCN(CC/N=c1\cc2n(-c3ccc(C(F)(F)F)cc3)c3ccccc3nc-2cc1Nc1cccnc1OC)CCOC. The first-order chi connectivity index (χ1) is 20.8. The van der Waals surface area contributed by atoms with Crippen LogP contribution in [0.25, 0.3) is 28.1 Å². The predicted octanol–water partition coefficient (Wildman–Crippen LogP) is 6.17. The van der Waals surface area contributed by atoms with Crippen LogP contribution >= 0.6 is 0 Å². The second-order valence-corrected chi connectivity index (χ2v) is 9.83. The van der Waals surface area contributed by atoms with E-state index in [4.69, 9.17) is 19.5 Å². The van der Waals surface area contributed by atoms with Gasteiger partial charge in [0, 0.05) is 32.1 Å². The first kappa shape index (κ1) is 30.0. The summed E-state index contributed by atoms with van der Waals surface area (Å²) >= 11 is 0. The smallest absolute Gasteiger partial charge is 0.416 e. The van der Waals surface area contributed by atoms with Crippen molar-refractivity contribution in [2.24, 2.45) is 4.99 Å². The Bertz CT molecular complexity index is 1720. The number of para-hydroxylation sites is 2. The van der Waals surface area contributed by atoms with Gasteiger partial charge in [-0.2, -0.15) is 13.2 Å². The van der Waals surface area contributed by atoms with Gasteiger partial charge in [-0.25, -0.2) is 9.97 Å². The van der Waals surface area contributed by atoms with E-state index in [0.29, 0.717) is 58.4 Å². The fraction of sp³-hybridized carbons (Fsp3) is 0.281. The summed E-state index contributed by atoms with van der Waals surface area (Å²) < 4.78 is 52.7. The minimum absolute atomic E-state index is 0.427. The van der Waals surface area contributed by atoms with Gasteiger partial charge < -0.3 is 19.4 Å². The summed E-state index contributed by atoms with van der Waals surface area (Å²) in [7, 11) is 3.24. The maximum atomic E-state index is 13.4. The average Bonchev–Trinajstić information content (AvgIpc) is 3.01. The summed E-state index contributed by atoms with van der Waals surface area (Å²) in [4.78, 5) is 16.4. The van der Waals surface area contributed by atoms with Crippen LogP contribution in [0.2, 0.25) is 0 Å². The molecule has 1 aromatic heterocycles. The fourth-order valence-electron chi connectivity index (χ4n) is 4.90. The lowest BCUT2D eigenvalue weighted by molar-refractivity contribution is -0.137. The first-order valence-electron chi connectivity index (χ1n) is 13.9. The quantitative estimate of drug-likeness (QED) is 0.186. The number of nitrogens with zero attached hydrogens (tertiary/aromatic N) is 5. The van der Waals surface area contributed by atoms with E-state index in [1.165, 1.54) is 12.1 Å². The molecule has 2 aromatic carbocycles. The van der Waals surface area contributed by atoms with Crippen LogP contribution in [0.1, 0.15) is 12.5 Å². The number of halogens is 3. The second-order valence-electron chi connectivity index (χ2n) is 9.83. The highest BCUT2D eigenvalue weighted by Crippen LogP contribution is 2.33. The Hall–Kier alpha value is -4.48. The number of likely N-dealkylation sites (N-methyl/N-ethyl adjacent to an activating group) is 1. The molecule has 2 heterocycles. The number of pyridine rings is 1. The number of benzene rings is 3. The normalized spacial score (nSPS) is 12.4. The van der Waals surface area contributed by atoms with Crippen molar-refractivity contribution in [2.75, 3.05) is 52.3 Å². The lowest BCUT2D eigenvalue weighted by Crippen LogP contribution is -2.30. The van der Waals surface area contributed by atoms with E-state index in [0.717, 1.165) is 37.3 Å². The molecule has 2 aliphatic rings. The number of nitrogens with one attached hydrogen (secondary N) is 1. The standard InChI is InChI=1S/C32H33F3N6O2/c1-4-40(18-19-42-2)17-16-36-26-21-30-28(20-27(26)39-25-9-7-15-37-31(25)43-3)38-24-8-5-6-10-29(24)41(30)23-13-11-22(12-14-23)32(33,34)35/h5-15,20-21,39H,4,16-19H2,1-3H3/b36-26+. The molecule has 0 amide bonds. The third-order valence-corrected chi connectivity index (χ3v) is 7.14. The van der Waals surface area contributed by atoms with Crippen LogP contribution in [0.15, 0.2) is 84.0 Å². The Morgan fingerprint density at radius 2 is 1.74 bits per heavy atom. The zero-order chi connectivity index (χ0) is 30.4. The van der Waals surface area contributed by atoms with E-state index in [2.05, 4.69) is 22.1 Å². The molecule has 0 saturated carbocycles. The number of anilines is 2. The number of ether oxygens (including phenoxy) is 2. The molecule has 0 radical (unpaired) electrons. The summed E-state index contributed by atoms with van der Waals surface area (Å²) in [5.74, 6) is 0.427. The van der Waals surface area contributed by atoms with Crippen molar-refractivity contribution in [3.05, 3.63) is 89.9 Å². The second kappa shape index (κ2) is 13.2. The minimum Gasteiger partial charge on any atom is -0.480 e. The lowest BCUT2D eigenvalue weighted by atomic mass is 10.1. The van der Waals surface area contributed by atoms with Crippen molar-refractivity contribution in [2.45, 2.75) is 13.1 Å². The van der Waals surface area contributed by atoms with Crippen LogP contribution in [0, 0.1) is 0 Å². The Morgan fingerprint density at radius 1 is 0.953 bits per heavy atom. The van der Waals surface area contributed by atoms with Crippen LogP contribution in [0.5, 0.6) is 5.88 Å². The van der Waals surface area contributed by atoms with Gasteiger partial charge in [0.25, 0.3) is 0 Å². The fourth-order valence-corrected chi connectivity index (χ4v) is 4.90. The molecular weight excluding hydrogens is 557 g/mol.